The number of amides is 2. The number of nitrogens with two attached hydrogens (primary N) is 1. The fraction of sp³-hybridized carbons (Fsp3) is 0.267. The summed E-state index contributed by atoms with van der Waals surface area (Å²) in [4.78, 5) is 26.4. The van der Waals surface area contributed by atoms with E-state index in [1.807, 2.05) is 0 Å². The molecule has 18 heteroatoms. The minimum absolute atomic E-state index is 0.0355. The number of methoxy groups -OCH3 is 1. The third-order valence-electron chi connectivity index (χ3n) is 7.47. The van der Waals surface area contributed by atoms with Gasteiger partial charge in [0.05, 0.1) is 34.4 Å². The van der Waals surface area contributed by atoms with Gasteiger partial charge in [-0.2, -0.15) is 30.6 Å². The largest absolute Gasteiger partial charge is 0.496 e. The van der Waals surface area contributed by atoms with Gasteiger partial charge in [0.15, 0.2) is 0 Å². The second kappa shape index (κ2) is 13.0. The second-order valence-corrected chi connectivity index (χ2v) is 13.7. The Morgan fingerprint density at radius 1 is 0.958 bits per heavy atom. The lowest BCUT2D eigenvalue weighted by molar-refractivity contribution is -0.140. The number of ether oxygens (including phenoxy) is 1. The van der Waals surface area contributed by atoms with Crippen molar-refractivity contribution in [3.05, 3.63) is 82.0 Å². The van der Waals surface area contributed by atoms with E-state index < -0.39 is 61.7 Å². The van der Waals surface area contributed by atoms with Crippen LogP contribution in [0.1, 0.15) is 44.0 Å². The van der Waals surface area contributed by atoms with E-state index in [4.69, 9.17) is 10.5 Å². The number of carbonyl (C=O) groups is 2. The van der Waals surface area contributed by atoms with E-state index in [0.29, 0.717) is 42.4 Å². The first kappa shape index (κ1) is 35.1. The number of alkyl halides is 6. The predicted molar refractivity (Wildman–Crippen MR) is 163 cm³/mol. The maximum Gasteiger partial charge on any atom is 0.419 e. The van der Waals surface area contributed by atoms with Crippen LogP contribution in [0.5, 0.6) is 5.75 Å². The summed E-state index contributed by atoms with van der Waals surface area (Å²) in [6.45, 7) is 0.245. The highest BCUT2D eigenvalue weighted by Gasteiger charge is 2.35. The Morgan fingerprint density at radius 3 is 2.33 bits per heavy atom. The topological polar surface area (TPSA) is 131 Å². The maximum absolute atomic E-state index is 13.8. The number of fused-ring (bicyclic) bond motifs is 1. The molecule has 0 bridgehead atoms. The van der Waals surface area contributed by atoms with Crippen molar-refractivity contribution in [2.24, 2.45) is 5.73 Å². The number of halogens is 7. The lowest BCUT2D eigenvalue weighted by atomic mass is 10.1. The van der Waals surface area contributed by atoms with Crippen LogP contribution in [-0.2, 0) is 22.4 Å². The van der Waals surface area contributed by atoms with E-state index >= 15 is 0 Å². The second-order valence-electron chi connectivity index (χ2n) is 10.7. The number of piperidine rings is 1. The average molecular weight is 719 g/mol. The van der Waals surface area contributed by atoms with Gasteiger partial charge in [-0.3, -0.25) is 9.59 Å². The van der Waals surface area contributed by atoms with Crippen LogP contribution in [-0.4, -0.2) is 50.8 Å². The van der Waals surface area contributed by atoms with Crippen LogP contribution < -0.4 is 21.1 Å². The van der Waals surface area contributed by atoms with E-state index in [1.54, 1.807) is 0 Å². The molecule has 1 aliphatic heterocycles. The van der Waals surface area contributed by atoms with Crippen LogP contribution in [0.15, 0.2) is 59.5 Å². The lowest BCUT2D eigenvalue weighted by Gasteiger charge is -2.30. The molecule has 3 aromatic carbocycles. The first-order valence-electron chi connectivity index (χ1n) is 14.0. The van der Waals surface area contributed by atoms with Crippen molar-refractivity contribution in [2.45, 2.75) is 36.1 Å². The number of rotatable bonds is 7. The van der Waals surface area contributed by atoms with Crippen molar-refractivity contribution < 1.29 is 53.5 Å². The van der Waals surface area contributed by atoms with Crippen LogP contribution in [0.3, 0.4) is 0 Å². The Morgan fingerprint density at radius 2 is 1.69 bits per heavy atom. The third kappa shape index (κ3) is 7.11. The number of benzene rings is 3. The Bertz CT molecular complexity index is 2010. The first-order valence-corrected chi connectivity index (χ1v) is 16.2. The van der Waals surface area contributed by atoms with Crippen LogP contribution in [0, 0.1) is 5.82 Å². The molecule has 1 aromatic heterocycles. The molecule has 0 saturated carbocycles. The summed E-state index contributed by atoms with van der Waals surface area (Å²) < 4.78 is 127. The van der Waals surface area contributed by atoms with Gasteiger partial charge in [-0.05, 0) is 61.4 Å². The monoisotopic (exact) mass is 718 g/mol. The summed E-state index contributed by atoms with van der Waals surface area (Å²) in [5.74, 6) is -3.84. The minimum Gasteiger partial charge on any atom is -0.496 e. The Labute approximate surface area is 272 Å². The first-order chi connectivity index (χ1) is 22.4. The smallest absolute Gasteiger partial charge is 0.419 e. The average Bonchev–Trinajstić information content (AvgIpc) is 3.38. The molecule has 2 amide bonds. The van der Waals surface area contributed by atoms with Crippen LogP contribution in [0.2, 0.25) is 0 Å². The highest BCUT2D eigenvalue weighted by atomic mass is 32.2. The van der Waals surface area contributed by atoms with Gasteiger partial charge in [0, 0.05) is 34.9 Å². The molecule has 1 saturated heterocycles. The van der Waals surface area contributed by atoms with E-state index in [2.05, 4.69) is 10.6 Å². The maximum atomic E-state index is 13.8. The summed E-state index contributed by atoms with van der Waals surface area (Å²) in [6, 6.07) is 7.20. The molecule has 0 aliphatic carbocycles. The fourth-order valence-electron chi connectivity index (χ4n) is 5.11. The van der Waals surface area contributed by atoms with E-state index in [-0.39, 0.29) is 51.1 Å². The molecule has 0 radical (unpaired) electrons. The summed E-state index contributed by atoms with van der Waals surface area (Å²) >= 11 is 0.499. The molecule has 2 heterocycles. The summed E-state index contributed by atoms with van der Waals surface area (Å²) in [7, 11) is -2.91. The van der Waals surface area contributed by atoms with Crippen molar-refractivity contribution in [2.75, 3.05) is 30.8 Å². The van der Waals surface area contributed by atoms with Gasteiger partial charge in [-0.25, -0.2) is 12.8 Å². The molecule has 0 unspecified atom stereocenters. The number of hydrogen-bond acceptors (Lipinski definition) is 7. The molecule has 48 heavy (non-hydrogen) atoms. The van der Waals surface area contributed by atoms with E-state index in [9.17, 15) is 48.7 Å². The van der Waals surface area contributed by atoms with Crippen molar-refractivity contribution >= 4 is 54.6 Å². The zero-order valence-corrected chi connectivity index (χ0v) is 26.3. The zero-order valence-electron chi connectivity index (χ0n) is 24.6. The summed E-state index contributed by atoms with van der Waals surface area (Å²) in [5, 5.41) is 4.57. The molecule has 4 aromatic rings. The Hall–Kier alpha value is -4.26. The number of anilines is 2. The molecule has 1 fully saturated rings. The number of nitrogens with one attached hydrogen (secondary N) is 2. The van der Waals surface area contributed by atoms with Crippen LogP contribution in [0.25, 0.3) is 10.1 Å². The Balaban J connectivity index is 1.56. The molecule has 4 N–H and O–H groups in total. The zero-order chi connectivity index (χ0) is 35.2. The highest BCUT2D eigenvalue weighted by Crippen LogP contribution is 2.41. The van der Waals surface area contributed by atoms with Gasteiger partial charge in [-0.15, -0.1) is 11.3 Å². The summed E-state index contributed by atoms with van der Waals surface area (Å²) in [6.07, 6.45) is -8.73. The van der Waals surface area contributed by atoms with Gasteiger partial charge < -0.3 is 21.1 Å². The van der Waals surface area contributed by atoms with Gasteiger partial charge in [0.1, 0.15) is 16.4 Å². The van der Waals surface area contributed by atoms with Crippen molar-refractivity contribution in [1.29, 1.82) is 0 Å². The number of hydrogen-bond donors (Lipinski definition) is 3. The van der Waals surface area contributed by atoms with Gasteiger partial charge >= 0.3 is 12.4 Å². The predicted octanol–water partition coefficient (Wildman–Crippen LogP) is 6.70. The number of nitrogens with zero attached hydrogens (tertiary/aromatic N) is 1. The molecular formula is C30H25F7N4O5S2. The molecule has 0 spiro atoms. The molecule has 9 nitrogen and oxygen atoms in total. The van der Waals surface area contributed by atoms with Crippen molar-refractivity contribution in [3.8, 4) is 5.75 Å². The van der Waals surface area contributed by atoms with Gasteiger partial charge in [0.2, 0.25) is 10.0 Å². The molecule has 1 atom stereocenters. The van der Waals surface area contributed by atoms with Crippen LogP contribution in [0.4, 0.5) is 42.1 Å². The van der Waals surface area contributed by atoms with Gasteiger partial charge in [-0.1, -0.05) is 6.07 Å². The normalized spacial score (nSPS) is 16.1. The number of sulfonamides is 1. The SMILES string of the molecule is COc1ccc(S(=O)(=O)N2CCC[C@@H](N)C2)cc1C(=O)Nc1c(C(=O)Nc2ccc(F)c(C(F)(F)F)c2)sc2cc(C(F)(F)F)ccc12. The molecule has 256 valence electrons. The van der Waals surface area contributed by atoms with E-state index in [0.717, 1.165) is 24.3 Å². The third-order valence-corrected chi connectivity index (χ3v) is 10.5. The molecule has 5 rings (SSSR count). The quantitative estimate of drug-likeness (QED) is 0.182. The Kier molecular flexibility index (Phi) is 9.48. The lowest BCUT2D eigenvalue weighted by Crippen LogP contribution is -2.45. The van der Waals surface area contributed by atoms with E-state index in [1.165, 1.54) is 23.5 Å². The molecular weight excluding hydrogens is 693 g/mol. The number of thiophene rings is 1. The van der Waals surface area contributed by atoms with Crippen LogP contribution >= 0.6 is 11.3 Å². The number of carbonyl (C=O) groups excluding carboxylic acids is 2. The van der Waals surface area contributed by atoms with Crippen molar-refractivity contribution in [3.63, 3.8) is 0 Å². The highest BCUT2D eigenvalue weighted by molar-refractivity contribution is 7.89. The molecule has 1 aliphatic rings. The fourth-order valence-corrected chi connectivity index (χ4v) is 7.77. The van der Waals surface area contributed by atoms with Crippen molar-refractivity contribution in [1.82, 2.24) is 4.31 Å². The standard InChI is InChI=1S/C30H25F7N4O5S2/c1-46-23-9-6-18(48(44,45)41-10-2-3-16(38)14-41)13-20(23)27(42)40-25-19-7-4-15(29(32,33)34)11-24(19)47-26(25)28(43)39-17-5-8-22(31)21(12-17)30(35,36)37/h4-9,11-13,16H,2-3,10,14,38H2,1H3,(H,39,43)(H,40,42)/t16-/m1/s1. The summed E-state index contributed by atoms with van der Waals surface area (Å²) in [5.41, 5.74) is 2.08. The minimum atomic E-state index is -5.10. The van der Waals surface area contributed by atoms with Gasteiger partial charge in [0.25, 0.3) is 11.8 Å².